The number of ether oxygens (including phenoxy) is 1. The van der Waals surface area contributed by atoms with Crippen LogP contribution in [0.1, 0.15) is 10.4 Å². The van der Waals surface area contributed by atoms with Gasteiger partial charge in [-0.25, -0.2) is 4.39 Å². The summed E-state index contributed by atoms with van der Waals surface area (Å²) in [5.41, 5.74) is 1.51. The minimum atomic E-state index is -0.626. The van der Waals surface area contributed by atoms with Gasteiger partial charge in [-0.1, -0.05) is 6.07 Å². The maximum absolute atomic E-state index is 13.2. The summed E-state index contributed by atoms with van der Waals surface area (Å²) in [6.45, 7) is 2.91. The lowest BCUT2D eigenvalue weighted by Crippen LogP contribution is -2.24. The molecule has 1 aromatic heterocycles. The molecule has 0 aliphatic carbocycles. The molecule has 0 fully saturated rings. The van der Waals surface area contributed by atoms with Crippen molar-refractivity contribution in [2.24, 2.45) is 0 Å². The SMILES string of the molecule is Cc1cc(F)cc(NCC(O)COCc2cccs2)c1. The van der Waals surface area contributed by atoms with Crippen LogP contribution in [0.4, 0.5) is 10.1 Å². The normalized spacial score (nSPS) is 12.3. The minimum Gasteiger partial charge on any atom is -0.389 e. The highest BCUT2D eigenvalue weighted by Gasteiger charge is 2.05. The molecule has 0 aliphatic heterocycles. The fourth-order valence-electron chi connectivity index (χ4n) is 1.82. The van der Waals surface area contributed by atoms with Gasteiger partial charge in [0.15, 0.2) is 0 Å². The predicted octanol–water partition coefficient (Wildman–Crippen LogP) is 3.19. The number of anilines is 1. The summed E-state index contributed by atoms with van der Waals surface area (Å²) in [5, 5.41) is 14.8. The van der Waals surface area contributed by atoms with Gasteiger partial charge in [0, 0.05) is 17.1 Å². The van der Waals surface area contributed by atoms with E-state index in [1.54, 1.807) is 11.3 Å². The van der Waals surface area contributed by atoms with Crippen molar-refractivity contribution < 1.29 is 14.2 Å². The smallest absolute Gasteiger partial charge is 0.125 e. The molecule has 1 unspecified atom stereocenters. The van der Waals surface area contributed by atoms with E-state index in [-0.39, 0.29) is 12.4 Å². The van der Waals surface area contributed by atoms with Gasteiger partial charge in [0.25, 0.3) is 0 Å². The van der Waals surface area contributed by atoms with Crippen LogP contribution in [-0.2, 0) is 11.3 Å². The van der Waals surface area contributed by atoms with Crippen molar-refractivity contribution in [2.75, 3.05) is 18.5 Å². The van der Waals surface area contributed by atoms with E-state index in [2.05, 4.69) is 5.32 Å². The maximum Gasteiger partial charge on any atom is 0.125 e. The Kier molecular flexibility index (Phi) is 5.52. The van der Waals surface area contributed by atoms with E-state index in [9.17, 15) is 9.50 Å². The van der Waals surface area contributed by atoms with E-state index < -0.39 is 6.10 Å². The van der Waals surface area contributed by atoms with Gasteiger partial charge < -0.3 is 15.2 Å². The number of hydrogen-bond acceptors (Lipinski definition) is 4. The number of aryl methyl sites for hydroxylation is 1. The van der Waals surface area contributed by atoms with E-state index in [1.165, 1.54) is 12.1 Å². The Morgan fingerprint density at radius 3 is 2.95 bits per heavy atom. The quantitative estimate of drug-likeness (QED) is 0.824. The number of aliphatic hydroxyl groups is 1. The molecule has 108 valence electrons. The lowest BCUT2D eigenvalue weighted by molar-refractivity contribution is 0.0359. The molecule has 0 bridgehead atoms. The van der Waals surface area contributed by atoms with Crippen LogP contribution in [0, 0.1) is 12.7 Å². The van der Waals surface area contributed by atoms with E-state index in [1.807, 2.05) is 30.5 Å². The first-order chi connectivity index (χ1) is 9.63. The molecule has 1 atom stereocenters. The van der Waals surface area contributed by atoms with E-state index in [0.29, 0.717) is 18.8 Å². The standard InChI is InChI=1S/C15H18FNO2S/c1-11-5-12(16)7-13(6-11)17-8-14(18)9-19-10-15-3-2-4-20-15/h2-7,14,17-18H,8-10H2,1H3. The number of hydrogen-bond donors (Lipinski definition) is 2. The molecular formula is C15H18FNO2S. The second-order valence-electron chi connectivity index (χ2n) is 4.65. The third kappa shape index (κ3) is 4.92. The molecule has 2 N–H and O–H groups in total. The Bertz CT molecular complexity index is 510. The Labute approximate surface area is 122 Å². The second kappa shape index (κ2) is 7.38. The summed E-state index contributed by atoms with van der Waals surface area (Å²) in [7, 11) is 0. The van der Waals surface area contributed by atoms with Crippen LogP contribution in [0.3, 0.4) is 0 Å². The summed E-state index contributed by atoms with van der Waals surface area (Å²) in [4.78, 5) is 1.13. The number of rotatable bonds is 7. The first-order valence-corrected chi connectivity index (χ1v) is 7.31. The van der Waals surface area contributed by atoms with E-state index in [4.69, 9.17) is 4.74 Å². The van der Waals surface area contributed by atoms with Crippen molar-refractivity contribution in [3.63, 3.8) is 0 Å². The average molecular weight is 295 g/mol. The lowest BCUT2D eigenvalue weighted by atomic mass is 10.2. The molecule has 0 saturated heterocycles. The van der Waals surface area contributed by atoms with Gasteiger partial charge in [0.2, 0.25) is 0 Å². The number of nitrogens with one attached hydrogen (secondary N) is 1. The molecule has 0 radical (unpaired) electrons. The Morgan fingerprint density at radius 1 is 1.40 bits per heavy atom. The largest absolute Gasteiger partial charge is 0.389 e. The monoisotopic (exact) mass is 295 g/mol. The molecule has 0 aliphatic rings. The number of benzene rings is 1. The van der Waals surface area contributed by atoms with Crippen LogP contribution in [0.15, 0.2) is 35.7 Å². The highest BCUT2D eigenvalue weighted by molar-refractivity contribution is 7.09. The Hall–Kier alpha value is -1.43. The summed E-state index contributed by atoms with van der Waals surface area (Å²) in [6, 6.07) is 8.67. The van der Waals surface area contributed by atoms with Crippen molar-refractivity contribution in [3.8, 4) is 0 Å². The van der Waals surface area contributed by atoms with Crippen molar-refractivity contribution >= 4 is 17.0 Å². The first kappa shape index (κ1) is 15.0. The maximum atomic E-state index is 13.2. The van der Waals surface area contributed by atoms with Gasteiger partial charge in [-0.3, -0.25) is 0 Å². The molecular weight excluding hydrogens is 277 g/mol. The number of thiophene rings is 1. The zero-order valence-electron chi connectivity index (χ0n) is 11.3. The van der Waals surface area contributed by atoms with Gasteiger partial charge in [0.05, 0.1) is 19.3 Å². The van der Waals surface area contributed by atoms with Gasteiger partial charge in [-0.15, -0.1) is 11.3 Å². The molecule has 2 rings (SSSR count). The Balaban J connectivity index is 1.70. The zero-order valence-corrected chi connectivity index (χ0v) is 12.1. The van der Waals surface area contributed by atoms with E-state index >= 15 is 0 Å². The third-order valence-corrected chi connectivity index (χ3v) is 3.57. The van der Waals surface area contributed by atoms with E-state index in [0.717, 1.165) is 10.4 Å². The molecule has 1 aromatic carbocycles. The third-order valence-electron chi connectivity index (χ3n) is 2.72. The minimum absolute atomic E-state index is 0.249. The molecule has 3 nitrogen and oxygen atoms in total. The highest BCUT2D eigenvalue weighted by atomic mass is 32.1. The van der Waals surface area contributed by atoms with Crippen molar-refractivity contribution in [2.45, 2.75) is 19.6 Å². The molecule has 0 saturated carbocycles. The van der Waals surface area contributed by atoms with Crippen LogP contribution in [0.2, 0.25) is 0 Å². The molecule has 2 aromatic rings. The zero-order chi connectivity index (χ0) is 14.4. The topological polar surface area (TPSA) is 41.5 Å². The van der Waals surface area contributed by atoms with Gasteiger partial charge in [-0.2, -0.15) is 0 Å². The molecule has 20 heavy (non-hydrogen) atoms. The molecule has 5 heteroatoms. The van der Waals surface area contributed by atoms with Crippen molar-refractivity contribution in [3.05, 3.63) is 52.0 Å². The lowest BCUT2D eigenvalue weighted by Gasteiger charge is -2.13. The van der Waals surface area contributed by atoms with Crippen LogP contribution in [-0.4, -0.2) is 24.4 Å². The average Bonchev–Trinajstić information content (AvgIpc) is 2.88. The number of halogens is 1. The van der Waals surface area contributed by atoms with Gasteiger partial charge >= 0.3 is 0 Å². The van der Waals surface area contributed by atoms with Crippen LogP contribution in [0.5, 0.6) is 0 Å². The van der Waals surface area contributed by atoms with Crippen molar-refractivity contribution in [1.82, 2.24) is 0 Å². The van der Waals surface area contributed by atoms with Crippen molar-refractivity contribution in [1.29, 1.82) is 0 Å². The summed E-state index contributed by atoms with van der Waals surface area (Å²) in [6.07, 6.45) is -0.626. The van der Waals surface area contributed by atoms with Crippen LogP contribution in [0.25, 0.3) is 0 Å². The second-order valence-corrected chi connectivity index (χ2v) is 5.68. The van der Waals surface area contributed by atoms with Gasteiger partial charge in [-0.05, 0) is 42.1 Å². The highest BCUT2D eigenvalue weighted by Crippen LogP contribution is 2.13. The summed E-state index contributed by atoms with van der Waals surface area (Å²) >= 11 is 1.62. The molecule has 0 amide bonds. The summed E-state index contributed by atoms with van der Waals surface area (Å²) < 4.78 is 18.6. The fourth-order valence-corrected chi connectivity index (χ4v) is 2.46. The molecule has 1 heterocycles. The predicted molar refractivity (Wildman–Crippen MR) is 79.6 cm³/mol. The number of aliphatic hydroxyl groups excluding tert-OH is 1. The Morgan fingerprint density at radius 2 is 2.25 bits per heavy atom. The first-order valence-electron chi connectivity index (χ1n) is 6.43. The summed E-state index contributed by atoms with van der Waals surface area (Å²) in [5.74, 6) is -0.282. The molecule has 0 spiro atoms. The van der Waals surface area contributed by atoms with Gasteiger partial charge in [0.1, 0.15) is 5.82 Å². The van der Waals surface area contributed by atoms with Crippen LogP contribution < -0.4 is 5.32 Å². The fraction of sp³-hybridized carbons (Fsp3) is 0.333. The van der Waals surface area contributed by atoms with Crippen LogP contribution >= 0.6 is 11.3 Å².